The number of hydroxylamine groups is 1. The number of halogens is 2. The third-order valence-electron chi connectivity index (χ3n) is 4.75. The predicted molar refractivity (Wildman–Crippen MR) is 118 cm³/mol. The van der Waals surface area contributed by atoms with E-state index in [1.807, 2.05) is 0 Å². The number of ether oxygens (including phenoxy) is 2. The Morgan fingerprint density at radius 1 is 0.969 bits per heavy atom. The van der Waals surface area contributed by atoms with Gasteiger partial charge in [-0.1, -0.05) is 16.8 Å². The van der Waals surface area contributed by atoms with Crippen molar-refractivity contribution in [3.05, 3.63) is 83.1 Å². The minimum Gasteiger partial charge on any atom is -0.497 e. The first-order valence-electron chi connectivity index (χ1n) is 9.65. The van der Waals surface area contributed by atoms with Crippen molar-refractivity contribution in [2.75, 3.05) is 24.7 Å². The van der Waals surface area contributed by atoms with Crippen molar-refractivity contribution in [3.8, 4) is 11.5 Å². The second-order valence-electron chi connectivity index (χ2n) is 6.84. The van der Waals surface area contributed by atoms with Gasteiger partial charge in [0.25, 0.3) is 10.0 Å². The molecule has 0 saturated heterocycles. The van der Waals surface area contributed by atoms with Gasteiger partial charge in [0.15, 0.2) is 0 Å². The van der Waals surface area contributed by atoms with Crippen LogP contribution in [0.3, 0.4) is 0 Å². The Kier molecular flexibility index (Phi) is 6.52. The zero-order chi connectivity index (χ0) is 22.7. The Labute approximate surface area is 190 Å². The highest BCUT2D eigenvalue weighted by Gasteiger charge is 2.38. The number of hydrazine groups is 1. The van der Waals surface area contributed by atoms with Crippen LogP contribution in [-0.4, -0.2) is 33.9 Å². The molecule has 7 nitrogen and oxygen atoms in total. The zero-order valence-corrected chi connectivity index (χ0v) is 18.6. The number of rotatable bonds is 8. The fraction of sp³-hybridized carbons (Fsp3) is 0.182. The summed E-state index contributed by atoms with van der Waals surface area (Å²) in [6.45, 7) is 0.444. The number of hydrogen-bond donors (Lipinski definition) is 0. The molecule has 0 aromatic heterocycles. The van der Waals surface area contributed by atoms with E-state index >= 15 is 0 Å². The van der Waals surface area contributed by atoms with Crippen molar-refractivity contribution in [2.24, 2.45) is 0 Å². The molecule has 1 aliphatic rings. The highest BCUT2D eigenvalue weighted by molar-refractivity contribution is 7.92. The van der Waals surface area contributed by atoms with Gasteiger partial charge in [0.05, 0.1) is 24.2 Å². The number of hydrogen-bond acceptors (Lipinski definition) is 6. The van der Waals surface area contributed by atoms with Gasteiger partial charge in [-0.3, -0.25) is 4.84 Å². The Hall–Kier alpha value is -2.85. The maximum absolute atomic E-state index is 13.4. The topological polar surface area (TPSA) is 68.3 Å². The molecule has 3 aromatic carbocycles. The highest BCUT2D eigenvalue weighted by atomic mass is 35.5. The summed E-state index contributed by atoms with van der Waals surface area (Å²) in [6, 6.07) is 16.6. The number of sulfonamides is 1. The summed E-state index contributed by atoms with van der Waals surface area (Å²) in [7, 11) is -2.53. The Morgan fingerprint density at radius 3 is 2.34 bits per heavy atom. The highest BCUT2D eigenvalue weighted by Crippen LogP contribution is 2.38. The maximum Gasteiger partial charge on any atom is 0.279 e. The molecule has 0 fully saturated rings. The van der Waals surface area contributed by atoms with Gasteiger partial charge in [-0.25, -0.2) is 4.39 Å². The van der Waals surface area contributed by atoms with E-state index in [2.05, 4.69) is 0 Å². The summed E-state index contributed by atoms with van der Waals surface area (Å²) in [5.41, 5.74) is 1.13. The second-order valence-corrected chi connectivity index (χ2v) is 9.05. The van der Waals surface area contributed by atoms with E-state index < -0.39 is 15.8 Å². The monoisotopic (exact) mass is 478 g/mol. The van der Waals surface area contributed by atoms with Gasteiger partial charge in [0.2, 0.25) is 0 Å². The molecule has 32 heavy (non-hydrogen) atoms. The number of benzene rings is 3. The molecule has 0 spiro atoms. The lowest BCUT2D eigenvalue weighted by Gasteiger charge is -2.28. The lowest BCUT2D eigenvalue weighted by Crippen LogP contribution is -2.42. The van der Waals surface area contributed by atoms with Crippen LogP contribution in [0.15, 0.2) is 71.6 Å². The van der Waals surface area contributed by atoms with Gasteiger partial charge in [0.1, 0.15) is 30.5 Å². The molecule has 0 radical (unpaired) electrons. The third-order valence-corrected chi connectivity index (χ3v) is 6.70. The smallest absolute Gasteiger partial charge is 0.279 e. The van der Waals surface area contributed by atoms with E-state index in [0.29, 0.717) is 27.8 Å². The Balaban J connectivity index is 1.54. The summed E-state index contributed by atoms with van der Waals surface area (Å²) >= 11 is 5.86. The predicted octanol–water partition coefficient (Wildman–Crippen LogP) is 4.42. The molecule has 0 unspecified atom stereocenters. The molecular formula is C22H20ClFN2O5S. The van der Waals surface area contributed by atoms with Gasteiger partial charge in [-0.2, -0.15) is 12.8 Å². The fourth-order valence-electron chi connectivity index (χ4n) is 3.22. The van der Waals surface area contributed by atoms with Crippen molar-refractivity contribution in [1.29, 1.82) is 0 Å². The maximum atomic E-state index is 13.4. The number of fused-ring (bicyclic) bond motifs is 1. The molecule has 1 aliphatic heterocycles. The van der Waals surface area contributed by atoms with Crippen LogP contribution in [0.1, 0.15) is 5.56 Å². The van der Waals surface area contributed by atoms with E-state index in [0.717, 1.165) is 16.5 Å². The molecule has 1 heterocycles. The van der Waals surface area contributed by atoms with Crippen molar-refractivity contribution in [2.45, 2.75) is 11.4 Å². The van der Waals surface area contributed by atoms with Gasteiger partial charge in [-0.05, 0) is 66.7 Å². The Bertz CT molecular complexity index is 1190. The van der Waals surface area contributed by atoms with Gasteiger partial charge in [0, 0.05) is 10.6 Å². The third kappa shape index (κ3) is 4.66. The first kappa shape index (κ1) is 22.3. The first-order chi connectivity index (χ1) is 15.4. The zero-order valence-electron chi connectivity index (χ0n) is 17.1. The summed E-state index contributed by atoms with van der Waals surface area (Å²) in [5, 5.41) is 1.84. The van der Waals surface area contributed by atoms with E-state index in [4.69, 9.17) is 25.9 Å². The molecule has 0 N–H and O–H groups in total. The largest absolute Gasteiger partial charge is 0.497 e. The van der Waals surface area contributed by atoms with Crippen molar-refractivity contribution < 1.29 is 27.1 Å². The van der Waals surface area contributed by atoms with Crippen LogP contribution in [0.5, 0.6) is 11.5 Å². The average Bonchev–Trinajstić information content (AvgIpc) is 3.16. The van der Waals surface area contributed by atoms with Crippen LogP contribution in [0.25, 0.3) is 0 Å². The fourth-order valence-corrected chi connectivity index (χ4v) is 4.81. The molecule has 0 bridgehead atoms. The number of methoxy groups -OCH3 is 1. The number of anilines is 1. The standard InChI is InChI=1S/C22H20ClFN2O5S/c1-29-20-8-11-22-16(14-20)15-25(31-13-12-30-19-6-2-17(23)3-7-19)26(22)32(27,28)21-9-4-18(24)5-10-21/h2-11,14H,12-13,15H2,1H3. The SMILES string of the molecule is COc1ccc2c(c1)CN(OCCOc1ccc(Cl)cc1)N2S(=O)(=O)c1ccc(F)cc1. The molecular weight excluding hydrogens is 459 g/mol. The average molecular weight is 479 g/mol. The van der Waals surface area contributed by atoms with E-state index in [-0.39, 0.29) is 24.7 Å². The normalized spacial score (nSPS) is 13.8. The lowest BCUT2D eigenvalue weighted by molar-refractivity contribution is -0.161. The van der Waals surface area contributed by atoms with Crippen LogP contribution in [0, 0.1) is 5.82 Å². The second kappa shape index (κ2) is 9.33. The summed E-state index contributed by atoms with van der Waals surface area (Å²) in [5.74, 6) is 0.682. The molecule has 0 saturated carbocycles. The van der Waals surface area contributed by atoms with Crippen molar-refractivity contribution in [3.63, 3.8) is 0 Å². The molecule has 10 heteroatoms. The van der Waals surface area contributed by atoms with Crippen molar-refractivity contribution in [1.82, 2.24) is 5.17 Å². The lowest BCUT2D eigenvalue weighted by atomic mass is 10.2. The van der Waals surface area contributed by atoms with Gasteiger partial charge >= 0.3 is 0 Å². The van der Waals surface area contributed by atoms with Crippen LogP contribution >= 0.6 is 11.6 Å². The molecule has 0 aliphatic carbocycles. The van der Waals surface area contributed by atoms with E-state index in [9.17, 15) is 12.8 Å². The van der Waals surface area contributed by atoms with Crippen LogP contribution in [0.4, 0.5) is 10.1 Å². The minimum atomic E-state index is -4.06. The quantitative estimate of drug-likeness (QED) is 0.446. The Morgan fingerprint density at radius 2 is 1.66 bits per heavy atom. The van der Waals surface area contributed by atoms with Gasteiger partial charge < -0.3 is 9.47 Å². The summed E-state index contributed by atoms with van der Waals surface area (Å²) in [4.78, 5) is 5.70. The minimum absolute atomic E-state index is 0.0615. The molecule has 168 valence electrons. The molecule has 4 rings (SSSR count). The van der Waals surface area contributed by atoms with Gasteiger partial charge in [-0.15, -0.1) is 0 Å². The summed E-state index contributed by atoms with van der Waals surface area (Å²) < 4.78 is 52.0. The van der Waals surface area contributed by atoms with Crippen molar-refractivity contribution >= 4 is 27.3 Å². The van der Waals surface area contributed by atoms with E-state index in [1.165, 1.54) is 24.4 Å². The van der Waals surface area contributed by atoms with Crippen LogP contribution in [0.2, 0.25) is 5.02 Å². The van der Waals surface area contributed by atoms with E-state index in [1.54, 1.807) is 42.5 Å². The summed E-state index contributed by atoms with van der Waals surface area (Å²) in [6.07, 6.45) is 0. The first-order valence-corrected chi connectivity index (χ1v) is 11.5. The van der Waals surface area contributed by atoms with Crippen LogP contribution in [-0.2, 0) is 21.4 Å². The molecule has 3 aromatic rings. The van der Waals surface area contributed by atoms with Crippen LogP contribution < -0.4 is 13.9 Å². The number of nitrogens with zero attached hydrogens (tertiary/aromatic N) is 2. The molecule has 0 amide bonds. The molecule has 0 atom stereocenters.